The minimum Gasteiger partial charge on any atom is -0.373 e. The molecule has 8 heteroatoms. The zero-order valence-corrected chi connectivity index (χ0v) is 17.1. The molecule has 4 unspecified atom stereocenters. The highest BCUT2D eigenvalue weighted by atomic mass is 17.0. The first-order valence-electron chi connectivity index (χ1n) is 11.3. The van der Waals surface area contributed by atoms with Gasteiger partial charge in [0, 0.05) is 0 Å². The summed E-state index contributed by atoms with van der Waals surface area (Å²) in [4.78, 5) is 0. The Morgan fingerprint density at radius 1 is 0.759 bits per heavy atom. The summed E-state index contributed by atoms with van der Waals surface area (Å²) >= 11 is 0. The SMILES string of the molecule is CCC1(OCC2CC3OC3C2)COC2(OCC(OCC3CC4OC4C3)CO2)OC1. The third-order valence-corrected chi connectivity index (χ3v) is 7.39. The van der Waals surface area contributed by atoms with Gasteiger partial charge >= 0.3 is 6.16 Å². The van der Waals surface area contributed by atoms with Crippen LogP contribution in [0.3, 0.4) is 0 Å². The minimum atomic E-state index is -1.41. The van der Waals surface area contributed by atoms with Crippen molar-refractivity contribution in [2.24, 2.45) is 11.8 Å². The highest BCUT2D eigenvalue weighted by Gasteiger charge is 2.52. The van der Waals surface area contributed by atoms with Crippen molar-refractivity contribution < 1.29 is 37.9 Å². The maximum Gasteiger partial charge on any atom is 0.413 e. The Balaban J connectivity index is 0.937. The lowest BCUT2D eigenvalue weighted by Gasteiger charge is -2.46. The third kappa shape index (κ3) is 3.99. The third-order valence-electron chi connectivity index (χ3n) is 7.39. The van der Waals surface area contributed by atoms with Crippen molar-refractivity contribution in [3.05, 3.63) is 0 Å². The van der Waals surface area contributed by atoms with Crippen LogP contribution >= 0.6 is 0 Å². The van der Waals surface area contributed by atoms with Gasteiger partial charge in [-0.3, -0.25) is 0 Å². The van der Waals surface area contributed by atoms with Gasteiger partial charge in [0.05, 0.1) is 64.1 Å². The fraction of sp³-hybridized carbons (Fsp3) is 1.00. The van der Waals surface area contributed by atoms with E-state index in [4.69, 9.17) is 37.9 Å². The summed E-state index contributed by atoms with van der Waals surface area (Å²) in [5.74, 6) is 1.17. The molecule has 4 aliphatic heterocycles. The standard InChI is InChI=1S/C21H32O8/c1-2-20(23-8-14-5-18-19(6-14)29-18)11-26-21(27-12-20)24-9-15(10-25-21)22-7-13-3-16-17(4-13)28-16/h13-19H,2-12H2,1H3. The zero-order valence-electron chi connectivity index (χ0n) is 17.1. The summed E-state index contributed by atoms with van der Waals surface area (Å²) < 4.78 is 46.7. The maximum atomic E-state index is 6.28. The molecule has 4 saturated heterocycles. The average Bonchev–Trinajstić information content (AvgIpc) is 3.60. The molecule has 164 valence electrons. The van der Waals surface area contributed by atoms with Crippen molar-refractivity contribution >= 4 is 0 Å². The monoisotopic (exact) mass is 412 g/mol. The second-order valence-electron chi connectivity index (χ2n) is 9.60. The molecule has 0 radical (unpaired) electrons. The van der Waals surface area contributed by atoms with Gasteiger partial charge in [0.15, 0.2) is 0 Å². The first-order valence-corrected chi connectivity index (χ1v) is 11.3. The molecule has 0 aromatic carbocycles. The molecular formula is C21H32O8. The predicted molar refractivity (Wildman–Crippen MR) is 98.0 cm³/mol. The molecule has 6 aliphatic rings. The van der Waals surface area contributed by atoms with Crippen LogP contribution in [-0.2, 0) is 37.9 Å². The van der Waals surface area contributed by atoms with Gasteiger partial charge in [-0.05, 0) is 43.9 Å². The Labute approximate surface area is 171 Å². The molecule has 8 nitrogen and oxygen atoms in total. The Hall–Kier alpha value is -0.320. The van der Waals surface area contributed by atoms with E-state index in [0.717, 1.165) is 45.3 Å². The largest absolute Gasteiger partial charge is 0.413 e. The van der Waals surface area contributed by atoms with Crippen LogP contribution in [0, 0.1) is 11.8 Å². The van der Waals surface area contributed by atoms with Crippen molar-refractivity contribution in [1.29, 1.82) is 0 Å². The van der Waals surface area contributed by atoms with Crippen LogP contribution in [0.4, 0.5) is 0 Å². The van der Waals surface area contributed by atoms with Crippen LogP contribution < -0.4 is 0 Å². The molecule has 4 heterocycles. The number of ether oxygens (including phenoxy) is 8. The lowest BCUT2D eigenvalue weighted by Crippen LogP contribution is -2.60. The number of fused-ring (bicyclic) bond motifs is 2. The maximum absolute atomic E-state index is 6.28. The summed E-state index contributed by atoms with van der Waals surface area (Å²) in [5.41, 5.74) is -0.440. The van der Waals surface area contributed by atoms with Crippen molar-refractivity contribution in [1.82, 2.24) is 0 Å². The number of epoxide rings is 2. The number of hydrogen-bond acceptors (Lipinski definition) is 8. The van der Waals surface area contributed by atoms with Crippen molar-refractivity contribution in [3.8, 4) is 0 Å². The van der Waals surface area contributed by atoms with E-state index >= 15 is 0 Å². The van der Waals surface area contributed by atoms with Gasteiger partial charge in [-0.25, -0.2) is 0 Å². The molecular weight excluding hydrogens is 380 g/mol. The summed E-state index contributed by atoms with van der Waals surface area (Å²) in [7, 11) is 0. The molecule has 6 fully saturated rings. The predicted octanol–water partition coefficient (Wildman–Crippen LogP) is 1.60. The summed E-state index contributed by atoms with van der Waals surface area (Å²) in [6.07, 6.45) is 5.71. The molecule has 0 aromatic heterocycles. The van der Waals surface area contributed by atoms with Crippen LogP contribution in [0.15, 0.2) is 0 Å². The van der Waals surface area contributed by atoms with E-state index in [0.29, 0.717) is 62.7 Å². The smallest absolute Gasteiger partial charge is 0.373 e. The lowest BCUT2D eigenvalue weighted by molar-refractivity contribution is -0.546. The van der Waals surface area contributed by atoms with Gasteiger partial charge in [-0.1, -0.05) is 6.92 Å². The van der Waals surface area contributed by atoms with Crippen LogP contribution in [0.5, 0.6) is 0 Å². The molecule has 6 rings (SSSR count). The van der Waals surface area contributed by atoms with E-state index in [9.17, 15) is 0 Å². The van der Waals surface area contributed by atoms with Gasteiger partial charge in [0.1, 0.15) is 11.7 Å². The molecule has 0 aromatic rings. The average molecular weight is 412 g/mol. The molecule has 0 N–H and O–H groups in total. The molecule has 2 saturated carbocycles. The molecule has 1 spiro atoms. The highest BCUT2D eigenvalue weighted by Crippen LogP contribution is 2.44. The lowest BCUT2D eigenvalue weighted by atomic mass is 10.0. The van der Waals surface area contributed by atoms with Gasteiger partial charge in [0.2, 0.25) is 0 Å². The van der Waals surface area contributed by atoms with Gasteiger partial charge in [0.25, 0.3) is 0 Å². The summed E-state index contributed by atoms with van der Waals surface area (Å²) in [6, 6.07) is 0. The quantitative estimate of drug-likeness (QED) is 0.584. The number of hydrogen-bond donors (Lipinski definition) is 0. The molecule has 0 bridgehead atoms. The van der Waals surface area contributed by atoms with E-state index < -0.39 is 11.8 Å². The van der Waals surface area contributed by atoms with Gasteiger partial charge in [-0.2, -0.15) is 0 Å². The molecule has 4 atom stereocenters. The molecule has 29 heavy (non-hydrogen) atoms. The topological polar surface area (TPSA) is 80.4 Å². The van der Waals surface area contributed by atoms with E-state index in [-0.39, 0.29) is 6.10 Å². The molecule has 0 amide bonds. The zero-order chi connectivity index (χ0) is 19.5. The Morgan fingerprint density at radius 2 is 1.31 bits per heavy atom. The van der Waals surface area contributed by atoms with Crippen LogP contribution in [0.25, 0.3) is 0 Å². The highest BCUT2D eigenvalue weighted by molar-refractivity contribution is 4.97. The first kappa shape index (κ1) is 19.4. The van der Waals surface area contributed by atoms with Crippen molar-refractivity contribution in [2.75, 3.05) is 39.6 Å². The number of rotatable bonds is 7. The molecule has 2 aliphatic carbocycles. The van der Waals surface area contributed by atoms with Gasteiger partial charge < -0.3 is 37.9 Å². The van der Waals surface area contributed by atoms with Crippen molar-refractivity contribution in [3.63, 3.8) is 0 Å². The second-order valence-corrected chi connectivity index (χ2v) is 9.60. The van der Waals surface area contributed by atoms with Crippen LogP contribution in [0.2, 0.25) is 0 Å². The Bertz CT molecular complexity index is 575. The first-order chi connectivity index (χ1) is 14.1. The summed E-state index contributed by atoms with van der Waals surface area (Å²) in [5, 5.41) is 0. The fourth-order valence-corrected chi connectivity index (χ4v) is 5.19. The Morgan fingerprint density at radius 3 is 1.86 bits per heavy atom. The fourth-order valence-electron chi connectivity index (χ4n) is 5.19. The van der Waals surface area contributed by atoms with E-state index in [2.05, 4.69) is 6.92 Å². The van der Waals surface area contributed by atoms with Crippen molar-refractivity contribution in [2.45, 2.75) is 81.3 Å². The minimum absolute atomic E-state index is 0.0872. The summed E-state index contributed by atoms with van der Waals surface area (Å²) in [6.45, 7) is 5.18. The second kappa shape index (κ2) is 7.38. The van der Waals surface area contributed by atoms with E-state index in [1.807, 2.05) is 0 Å². The normalized spacial score (nSPS) is 53.1. The Kier molecular flexibility index (Phi) is 4.93. The van der Waals surface area contributed by atoms with E-state index in [1.165, 1.54) is 0 Å². The van der Waals surface area contributed by atoms with E-state index in [1.54, 1.807) is 0 Å². The van der Waals surface area contributed by atoms with Crippen LogP contribution in [0.1, 0.15) is 39.0 Å². The van der Waals surface area contributed by atoms with Crippen LogP contribution in [-0.4, -0.2) is 81.9 Å². The van der Waals surface area contributed by atoms with Gasteiger partial charge in [-0.15, -0.1) is 0 Å².